The summed E-state index contributed by atoms with van der Waals surface area (Å²) < 4.78 is 0. The maximum absolute atomic E-state index is 6.01. The van der Waals surface area contributed by atoms with E-state index in [1.807, 2.05) is 12.3 Å². The molecule has 3 heteroatoms. The third-order valence-electron chi connectivity index (χ3n) is 1.70. The third-order valence-corrected chi connectivity index (χ3v) is 3.55. The molecule has 2 N–H and O–H groups in total. The van der Waals surface area contributed by atoms with Gasteiger partial charge in [0.05, 0.1) is 5.02 Å². The molecule has 0 unspecified atom stereocenters. The zero-order valence-corrected chi connectivity index (χ0v) is 8.30. The van der Waals surface area contributed by atoms with Gasteiger partial charge in [0.25, 0.3) is 0 Å². The van der Waals surface area contributed by atoms with Crippen molar-refractivity contribution in [2.45, 2.75) is 26.3 Å². The molecule has 0 radical (unpaired) electrons. The molecule has 1 atom stereocenters. The zero-order chi connectivity index (χ0) is 8.43. The van der Waals surface area contributed by atoms with Crippen LogP contribution in [0.2, 0.25) is 5.02 Å². The van der Waals surface area contributed by atoms with Crippen molar-refractivity contribution in [2.24, 2.45) is 5.73 Å². The quantitative estimate of drug-likeness (QED) is 0.760. The largest absolute Gasteiger partial charge is 0.323 e. The van der Waals surface area contributed by atoms with E-state index in [1.165, 1.54) is 0 Å². The number of aryl methyl sites for hydroxylation is 1. The van der Waals surface area contributed by atoms with Crippen LogP contribution in [-0.4, -0.2) is 0 Å². The second kappa shape index (κ2) is 3.57. The average molecular weight is 190 g/mol. The molecular formula is C8H12ClNS. The fourth-order valence-corrected chi connectivity index (χ4v) is 2.31. The van der Waals surface area contributed by atoms with E-state index in [0.29, 0.717) is 0 Å². The maximum Gasteiger partial charge on any atom is 0.0590 e. The SMILES string of the molecule is CC[C@H](N)c1scc(C)c1Cl. The lowest BCUT2D eigenvalue weighted by molar-refractivity contribution is 0.712. The van der Waals surface area contributed by atoms with E-state index in [2.05, 4.69) is 6.92 Å². The van der Waals surface area contributed by atoms with Gasteiger partial charge in [0.2, 0.25) is 0 Å². The van der Waals surface area contributed by atoms with E-state index in [9.17, 15) is 0 Å². The average Bonchev–Trinajstić information content (AvgIpc) is 2.32. The number of thiophene rings is 1. The minimum Gasteiger partial charge on any atom is -0.323 e. The Morgan fingerprint density at radius 2 is 2.36 bits per heavy atom. The van der Waals surface area contributed by atoms with E-state index < -0.39 is 0 Å². The third kappa shape index (κ3) is 1.75. The summed E-state index contributed by atoms with van der Waals surface area (Å²) in [5, 5.41) is 2.90. The molecule has 0 saturated carbocycles. The first-order valence-electron chi connectivity index (χ1n) is 3.65. The highest BCUT2D eigenvalue weighted by Gasteiger charge is 2.11. The molecule has 0 amide bonds. The smallest absolute Gasteiger partial charge is 0.0590 e. The summed E-state index contributed by atoms with van der Waals surface area (Å²) in [6.07, 6.45) is 0.944. The van der Waals surface area contributed by atoms with Gasteiger partial charge in [-0.15, -0.1) is 11.3 Å². The predicted molar refractivity (Wildman–Crippen MR) is 51.3 cm³/mol. The van der Waals surface area contributed by atoms with E-state index in [4.69, 9.17) is 17.3 Å². The Kier molecular flexibility index (Phi) is 2.93. The fourth-order valence-electron chi connectivity index (χ4n) is 0.885. The first-order valence-corrected chi connectivity index (χ1v) is 4.91. The van der Waals surface area contributed by atoms with Gasteiger partial charge in [-0.2, -0.15) is 0 Å². The first kappa shape index (κ1) is 9.04. The van der Waals surface area contributed by atoms with Crippen LogP contribution in [0.15, 0.2) is 5.38 Å². The van der Waals surface area contributed by atoms with Crippen molar-refractivity contribution in [2.75, 3.05) is 0 Å². The fraction of sp³-hybridized carbons (Fsp3) is 0.500. The molecule has 0 aliphatic rings. The summed E-state index contributed by atoms with van der Waals surface area (Å²) in [6.45, 7) is 4.07. The molecule has 11 heavy (non-hydrogen) atoms. The summed E-state index contributed by atoms with van der Waals surface area (Å²) in [7, 11) is 0. The second-order valence-corrected chi connectivity index (χ2v) is 3.90. The number of rotatable bonds is 2. The van der Waals surface area contributed by atoms with Gasteiger partial charge < -0.3 is 5.73 Å². The number of hydrogen-bond donors (Lipinski definition) is 1. The molecule has 1 aromatic rings. The van der Waals surface area contributed by atoms with Crippen LogP contribution < -0.4 is 5.73 Å². The molecular weight excluding hydrogens is 178 g/mol. The van der Waals surface area contributed by atoms with E-state index in [0.717, 1.165) is 21.9 Å². The highest BCUT2D eigenvalue weighted by Crippen LogP contribution is 2.32. The molecule has 0 aromatic carbocycles. The molecule has 0 saturated heterocycles. The number of halogens is 1. The van der Waals surface area contributed by atoms with E-state index >= 15 is 0 Å². The van der Waals surface area contributed by atoms with Crippen molar-refractivity contribution in [3.05, 3.63) is 20.8 Å². The van der Waals surface area contributed by atoms with Crippen LogP contribution in [0.5, 0.6) is 0 Å². The molecule has 1 aromatic heterocycles. The van der Waals surface area contributed by atoms with Gasteiger partial charge >= 0.3 is 0 Å². The van der Waals surface area contributed by atoms with Crippen LogP contribution in [0, 0.1) is 6.92 Å². The van der Waals surface area contributed by atoms with Crippen molar-refractivity contribution in [1.82, 2.24) is 0 Å². The molecule has 0 spiro atoms. The van der Waals surface area contributed by atoms with Gasteiger partial charge in [0.1, 0.15) is 0 Å². The Morgan fingerprint density at radius 1 is 1.73 bits per heavy atom. The van der Waals surface area contributed by atoms with Crippen molar-refractivity contribution in [1.29, 1.82) is 0 Å². The van der Waals surface area contributed by atoms with Crippen LogP contribution in [0.1, 0.15) is 29.8 Å². The highest BCUT2D eigenvalue weighted by molar-refractivity contribution is 7.10. The van der Waals surface area contributed by atoms with Gasteiger partial charge in [-0.1, -0.05) is 18.5 Å². The maximum atomic E-state index is 6.01. The molecule has 0 fully saturated rings. The highest BCUT2D eigenvalue weighted by atomic mass is 35.5. The van der Waals surface area contributed by atoms with Crippen LogP contribution in [0.3, 0.4) is 0 Å². The topological polar surface area (TPSA) is 26.0 Å². The van der Waals surface area contributed by atoms with E-state index in [1.54, 1.807) is 11.3 Å². The minimum atomic E-state index is 0.112. The van der Waals surface area contributed by atoms with Gasteiger partial charge in [-0.3, -0.25) is 0 Å². The van der Waals surface area contributed by atoms with Crippen LogP contribution in [0.25, 0.3) is 0 Å². The standard InChI is InChI=1S/C8H12ClNS/c1-3-6(10)8-7(9)5(2)4-11-8/h4,6H,3,10H2,1-2H3/t6-/m0/s1. The Morgan fingerprint density at radius 3 is 2.73 bits per heavy atom. The van der Waals surface area contributed by atoms with Gasteiger partial charge in [-0.25, -0.2) is 0 Å². The van der Waals surface area contributed by atoms with Crippen LogP contribution in [0.4, 0.5) is 0 Å². The molecule has 1 heterocycles. The van der Waals surface area contributed by atoms with Crippen LogP contribution in [-0.2, 0) is 0 Å². The first-order chi connectivity index (χ1) is 5.16. The lowest BCUT2D eigenvalue weighted by Crippen LogP contribution is -2.06. The lowest BCUT2D eigenvalue weighted by atomic mass is 10.2. The Hall–Kier alpha value is -0.0500. The van der Waals surface area contributed by atoms with E-state index in [-0.39, 0.29) is 6.04 Å². The molecule has 62 valence electrons. The Balaban J connectivity index is 2.94. The molecule has 0 aliphatic heterocycles. The summed E-state index contributed by atoms with van der Waals surface area (Å²) in [6, 6.07) is 0.112. The monoisotopic (exact) mass is 189 g/mol. The van der Waals surface area contributed by atoms with Crippen molar-refractivity contribution >= 4 is 22.9 Å². The van der Waals surface area contributed by atoms with Crippen LogP contribution >= 0.6 is 22.9 Å². The van der Waals surface area contributed by atoms with Gasteiger partial charge in [-0.05, 0) is 24.3 Å². The Bertz CT molecular complexity index is 244. The molecule has 1 rings (SSSR count). The summed E-state index contributed by atoms with van der Waals surface area (Å²) >= 11 is 7.66. The lowest BCUT2D eigenvalue weighted by Gasteiger charge is -2.05. The predicted octanol–water partition coefficient (Wildman–Crippen LogP) is 3.12. The normalized spacial score (nSPS) is 13.5. The zero-order valence-electron chi connectivity index (χ0n) is 6.73. The number of hydrogen-bond acceptors (Lipinski definition) is 2. The van der Waals surface area contributed by atoms with Gasteiger partial charge in [0, 0.05) is 10.9 Å². The summed E-state index contributed by atoms with van der Waals surface area (Å²) in [5.41, 5.74) is 6.97. The molecule has 0 aliphatic carbocycles. The number of nitrogens with two attached hydrogens (primary N) is 1. The van der Waals surface area contributed by atoms with Gasteiger partial charge in [0.15, 0.2) is 0 Å². The minimum absolute atomic E-state index is 0.112. The van der Waals surface area contributed by atoms with Crippen molar-refractivity contribution in [3.8, 4) is 0 Å². The molecule has 1 nitrogen and oxygen atoms in total. The Labute approximate surface area is 76.2 Å². The summed E-state index contributed by atoms with van der Waals surface area (Å²) in [5.74, 6) is 0. The summed E-state index contributed by atoms with van der Waals surface area (Å²) in [4.78, 5) is 1.12. The van der Waals surface area contributed by atoms with Crippen molar-refractivity contribution < 1.29 is 0 Å². The molecule has 0 bridgehead atoms. The van der Waals surface area contributed by atoms with Crippen molar-refractivity contribution in [3.63, 3.8) is 0 Å². The second-order valence-electron chi connectivity index (χ2n) is 2.61.